The maximum atomic E-state index is 11.9. The molecule has 2 aliphatic heterocycles. The molecule has 0 spiro atoms. The van der Waals surface area contributed by atoms with E-state index in [4.69, 9.17) is 4.98 Å². The molecule has 3 N–H and O–H groups in total. The van der Waals surface area contributed by atoms with Gasteiger partial charge in [-0.15, -0.1) is 0 Å². The van der Waals surface area contributed by atoms with Gasteiger partial charge in [-0.3, -0.25) is 4.79 Å². The SMILES string of the molecule is CN(C)Cc1cc(Nc2ncc(-c3ccc4c(c3)CNC4=O)n3ncnc23)ccc1N1CCNCC1. The van der Waals surface area contributed by atoms with Crippen molar-refractivity contribution in [3.63, 3.8) is 0 Å². The summed E-state index contributed by atoms with van der Waals surface area (Å²) in [5, 5.41) is 14.2. The lowest BCUT2D eigenvalue weighted by atomic mass is 10.0. The summed E-state index contributed by atoms with van der Waals surface area (Å²) in [5.74, 6) is 0.608. The van der Waals surface area contributed by atoms with Crippen LogP contribution in [0.2, 0.25) is 0 Å². The lowest BCUT2D eigenvalue weighted by Gasteiger charge is -2.32. The van der Waals surface area contributed by atoms with Gasteiger partial charge in [0.05, 0.1) is 11.9 Å². The van der Waals surface area contributed by atoms with Crippen LogP contribution in [0.15, 0.2) is 48.9 Å². The molecule has 6 rings (SSSR count). The second-order valence-electron chi connectivity index (χ2n) is 9.49. The topological polar surface area (TPSA) is 103 Å². The second kappa shape index (κ2) is 9.21. The van der Waals surface area contributed by atoms with Crippen molar-refractivity contribution in [2.24, 2.45) is 0 Å². The first-order chi connectivity index (χ1) is 17.6. The van der Waals surface area contributed by atoms with Crippen LogP contribution >= 0.6 is 0 Å². The third-order valence-corrected chi connectivity index (χ3v) is 6.68. The van der Waals surface area contributed by atoms with Crippen molar-refractivity contribution in [1.82, 2.24) is 35.1 Å². The zero-order valence-corrected chi connectivity index (χ0v) is 20.5. The highest BCUT2D eigenvalue weighted by Crippen LogP contribution is 2.30. The van der Waals surface area contributed by atoms with Crippen molar-refractivity contribution >= 4 is 28.7 Å². The van der Waals surface area contributed by atoms with Gasteiger partial charge in [-0.2, -0.15) is 5.10 Å². The Labute approximate surface area is 209 Å². The van der Waals surface area contributed by atoms with Crippen molar-refractivity contribution in [1.29, 1.82) is 0 Å². The van der Waals surface area contributed by atoms with Gasteiger partial charge in [0, 0.05) is 61.8 Å². The summed E-state index contributed by atoms with van der Waals surface area (Å²) in [5.41, 5.74) is 7.59. The van der Waals surface area contributed by atoms with E-state index in [9.17, 15) is 4.79 Å². The highest BCUT2D eigenvalue weighted by Gasteiger charge is 2.21. The number of anilines is 3. The van der Waals surface area contributed by atoms with E-state index in [-0.39, 0.29) is 5.91 Å². The Balaban J connectivity index is 1.32. The number of hydrogen-bond acceptors (Lipinski definition) is 8. The van der Waals surface area contributed by atoms with E-state index in [0.717, 1.165) is 60.8 Å². The number of carbonyl (C=O) groups is 1. The molecule has 1 amide bonds. The number of fused-ring (bicyclic) bond motifs is 2. The molecule has 1 saturated heterocycles. The van der Waals surface area contributed by atoms with E-state index in [0.29, 0.717) is 18.0 Å². The van der Waals surface area contributed by atoms with Gasteiger partial charge in [-0.05, 0) is 55.6 Å². The number of piperazine rings is 1. The Morgan fingerprint density at radius 3 is 2.78 bits per heavy atom. The highest BCUT2D eigenvalue weighted by atomic mass is 16.1. The molecule has 2 aromatic carbocycles. The van der Waals surface area contributed by atoms with Gasteiger partial charge >= 0.3 is 0 Å². The predicted molar refractivity (Wildman–Crippen MR) is 140 cm³/mol. The van der Waals surface area contributed by atoms with E-state index in [2.05, 4.69) is 68.1 Å². The number of carbonyl (C=O) groups excluding carboxylic acids is 1. The molecule has 184 valence electrons. The largest absolute Gasteiger partial charge is 0.369 e. The number of benzene rings is 2. The molecule has 0 saturated carbocycles. The van der Waals surface area contributed by atoms with Crippen LogP contribution in [0.1, 0.15) is 21.5 Å². The monoisotopic (exact) mass is 483 g/mol. The van der Waals surface area contributed by atoms with E-state index >= 15 is 0 Å². The molecular weight excluding hydrogens is 454 g/mol. The third-order valence-electron chi connectivity index (χ3n) is 6.68. The van der Waals surface area contributed by atoms with Crippen molar-refractivity contribution < 1.29 is 4.79 Å². The molecule has 0 bridgehead atoms. The zero-order chi connectivity index (χ0) is 24.6. The van der Waals surface area contributed by atoms with Crippen LogP contribution in [-0.4, -0.2) is 70.7 Å². The Kier molecular flexibility index (Phi) is 5.74. The minimum Gasteiger partial charge on any atom is -0.369 e. The molecule has 4 aromatic rings. The smallest absolute Gasteiger partial charge is 0.251 e. The number of amides is 1. The summed E-state index contributed by atoms with van der Waals surface area (Å²) in [4.78, 5) is 25.8. The van der Waals surface area contributed by atoms with Crippen LogP contribution < -0.4 is 20.9 Å². The van der Waals surface area contributed by atoms with Crippen molar-refractivity contribution in [3.8, 4) is 11.3 Å². The van der Waals surface area contributed by atoms with E-state index < -0.39 is 0 Å². The molecule has 10 heteroatoms. The zero-order valence-electron chi connectivity index (χ0n) is 20.5. The third kappa shape index (κ3) is 4.14. The lowest BCUT2D eigenvalue weighted by molar-refractivity contribution is 0.0965. The fraction of sp³-hybridized carbons (Fsp3) is 0.308. The van der Waals surface area contributed by atoms with E-state index in [1.54, 1.807) is 10.7 Å². The summed E-state index contributed by atoms with van der Waals surface area (Å²) in [6.45, 7) is 5.39. The molecule has 4 heterocycles. The lowest BCUT2D eigenvalue weighted by Crippen LogP contribution is -2.44. The summed E-state index contributed by atoms with van der Waals surface area (Å²) in [7, 11) is 4.18. The van der Waals surface area contributed by atoms with Gasteiger partial charge in [-0.1, -0.05) is 6.07 Å². The van der Waals surface area contributed by atoms with Gasteiger partial charge in [0.1, 0.15) is 6.33 Å². The molecule has 0 unspecified atom stereocenters. The van der Waals surface area contributed by atoms with Crippen molar-refractivity contribution in [3.05, 3.63) is 65.6 Å². The van der Waals surface area contributed by atoms with Gasteiger partial charge < -0.3 is 25.8 Å². The van der Waals surface area contributed by atoms with Crippen LogP contribution in [0, 0.1) is 0 Å². The van der Waals surface area contributed by atoms with E-state index in [1.807, 2.05) is 18.2 Å². The van der Waals surface area contributed by atoms with Gasteiger partial charge in [0.15, 0.2) is 11.5 Å². The number of aromatic nitrogens is 4. The van der Waals surface area contributed by atoms with Crippen molar-refractivity contribution in [2.45, 2.75) is 13.1 Å². The molecule has 10 nitrogen and oxygen atoms in total. The second-order valence-corrected chi connectivity index (χ2v) is 9.49. The fourth-order valence-electron chi connectivity index (χ4n) is 4.98. The minimum absolute atomic E-state index is 0.0308. The van der Waals surface area contributed by atoms with Crippen LogP contribution in [0.5, 0.6) is 0 Å². The molecule has 0 atom stereocenters. The van der Waals surface area contributed by atoms with Crippen LogP contribution in [0.25, 0.3) is 16.9 Å². The van der Waals surface area contributed by atoms with Gasteiger partial charge in [-0.25, -0.2) is 14.5 Å². The van der Waals surface area contributed by atoms with Crippen LogP contribution in [-0.2, 0) is 13.1 Å². The van der Waals surface area contributed by atoms with Crippen molar-refractivity contribution in [2.75, 3.05) is 50.5 Å². The average molecular weight is 484 g/mol. The van der Waals surface area contributed by atoms with Gasteiger partial charge in [0.2, 0.25) is 0 Å². The quantitative estimate of drug-likeness (QED) is 0.384. The number of nitrogens with one attached hydrogen (secondary N) is 3. The standard InChI is InChI=1S/C26H29N9O/c1-33(2)15-19-12-20(4-6-22(19)34-9-7-27-8-10-34)32-24-25-30-16-31-35(25)23(14-28-24)17-3-5-21-18(11-17)13-29-26(21)36/h3-6,11-12,14,16,27H,7-10,13,15H2,1-2H3,(H,28,32)(H,29,36). The fourth-order valence-corrected chi connectivity index (χ4v) is 4.98. The number of rotatable bonds is 6. The summed E-state index contributed by atoms with van der Waals surface area (Å²) in [6, 6.07) is 12.3. The number of hydrogen-bond donors (Lipinski definition) is 3. The first kappa shape index (κ1) is 22.4. The summed E-state index contributed by atoms with van der Waals surface area (Å²) in [6.07, 6.45) is 3.33. The minimum atomic E-state index is -0.0308. The molecular formula is C26H29N9O. The maximum Gasteiger partial charge on any atom is 0.251 e. The van der Waals surface area contributed by atoms with Gasteiger partial charge in [0.25, 0.3) is 5.91 Å². The molecule has 36 heavy (non-hydrogen) atoms. The summed E-state index contributed by atoms with van der Waals surface area (Å²) < 4.78 is 1.79. The van der Waals surface area contributed by atoms with Crippen LogP contribution in [0.4, 0.5) is 17.2 Å². The molecule has 1 fully saturated rings. The average Bonchev–Trinajstić information content (AvgIpc) is 3.52. The molecule has 0 aliphatic carbocycles. The van der Waals surface area contributed by atoms with Crippen LogP contribution in [0.3, 0.4) is 0 Å². The predicted octanol–water partition coefficient (Wildman–Crippen LogP) is 2.25. The maximum absolute atomic E-state index is 11.9. The molecule has 0 radical (unpaired) electrons. The normalized spacial score (nSPS) is 15.4. The first-order valence-corrected chi connectivity index (χ1v) is 12.2. The highest BCUT2D eigenvalue weighted by molar-refractivity contribution is 5.98. The Morgan fingerprint density at radius 1 is 1.08 bits per heavy atom. The Morgan fingerprint density at radius 2 is 1.94 bits per heavy atom. The Bertz CT molecular complexity index is 1440. The first-order valence-electron chi connectivity index (χ1n) is 12.2. The number of nitrogens with zero attached hydrogens (tertiary/aromatic N) is 6. The Hall–Kier alpha value is -4.02. The summed E-state index contributed by atoms with van der Waals surface area (Å²) >= 11 is 0. The van der Waals surface area contributed by atoms with E-state index in [1.165, 1.54) is 17.6 Å². The molecule has 2 aromatic heterocycles. The molecule has 2 aliphatic rings.